The highest BCUT2D eigenvalue weighted by molar-refractivity contribution is 8.00. The predicted molar refractivity (Wildman–Crippen MR) is 38.5 cm³/mol. The van der Waals surface area contributed by atoms with E-state index in [1.165, 1.54) is 18.6 Å². The van der Waals surface area contributed by atoms with Gasteiger partial charge >= 0.3 is 0 Å². The van der Waals surface area contributed by atoms with Gasteiger partial charge in [-0.2, -0.15) is 11.8 Å². The van der Waals surface area contributed by atoms with E-state index < -0.39 is 0 Å². The molecule has 0 bridgehead atoms. The van der Waals surface area contributed by atoms with E-state index in [-0.39, 0.29) is 0 Å². The van der Waals surface area contributed by atoms with Crippen molar-refractivity contribution in [3.63, 3.8) is 0 Å². The first-order valence-electron chi connectivity index (χ1n) is 3.50. The fourth-order valence-electron chi connectivity index (χ4n) is 1.68. The van der Waals surface area contributed by atoms with Crippen LogP contribution in [-0.2, 0) is 4.79 Å². The minimum absolute atomic E-state index is 0.442. The second-order valence-electron chi connectivity index (χ2n) is 2.85. The Bertz CT molecular complexity index is 123. The van der Waals surface area contributed by atoms with Gasteiger partial charge in [-0.25, -0.2) is 0 Å². The molecule has 1 aliphatic carbocycles. The Morgan fingerprint density at radius 1 is 1.56 bits per heavy atom. The number of aldehydes is 1. The molecule has 1 aliphatic heterocycles. The molecule has 1 heterocycles. The van der Waals surface area contributed by atoms with Gasteiger partial charge in [-0.1, -0.05) is 0 Å². The molecule has 50 valence electrons. The minimum atomic E-state index is 0.442. The summed E-state index contributed by atoms with van der Waals surface area (Å²) in [6.45, 7) is 0. The maximum Gasteiger partial charge on any atom is 0.124 e. The lowest BCUT2D eigenvalue weighted by molar-refractivity contribution is -0.109. The number of carbonyl (C=O) groups excluding carboxylic acids is 1. The summed E-state index contributed by atoms with van der Waals surface area (Å²) in [7, 11) is 0. The van der Waals surface area contributed by atoms with E-state index in [1.54, 1.807) is 0 Å². The van der Waals surface area contributed by atoms with E-state index in [9.17, 15) is 4.79 Å². The molecular weight excluding hydrogens is 132 g/mol. The lowest BCUT2D eigenvalue weighted by Gasteiger charge is -2.04. The van der Waals surface area contributed by atoms with Crippen molar-refractivity contribution in [2.45, 2.75) is 18.1 Å². The van der Waals surface area contributed by atoms with Gasteiger partial charge < -0.3 is 4.79 Å². The van der Waals surface area contributed by atoms with Crippen molar-refractivity contribution in [1.82, 2.24) is 0 Å². The number of thioether (sulfide) groups is 1. The molecule has 1 nitrogen and oxygen atoms in total. The van der Waals surface area contributed by atoms with Crippen LogP contribution in [0.15, 0.2) is 0 Å². The maximum absolute atomic E-state index is 10.3. The number of hydrogen-bond acceptors (Lipinski definition) is 2. The predicted octanol–water partition coefficient (Wildman–Crippen LogP) is 1.33. The molecule has 0 aromatic carbocycles. The van der Waals surface area contributed by atoms with Gasteiger partial charge in [0, 0.05) is 11.2 Å². The van der Waals surface area contributed by atoms with E-state index in [2.05, 4.69) is 0 Å². The zero-order chi connectivity index (χ0) is 6.27. The quantitative estimate of drug-likeness (QED) is 0.514. The van der Waals surface area contributed by atoms with Crippen molar-refractivity contribution >= 4 is 18.0 Å². The van der Waals surface area contributed by atoms with Crippen LogP contribution in [-0.4, -0.2) is 17.3 Å². The fourth-order valence-corrected chi connectivity index (χ4v) is 3.24. The van der Waals surface area contributed by atoms with E-state index in [4.69, 9.17) is 0 Å². The summed E-state index contributed by atoms with van der Waals surface area (Å²) in [5.41, 5.74) is 0. The van der Waals surface area contributed by atoms with Crippen LogP contribution >= 0.6 is 11.8 Å². The fraction of sp³-hybridized carbons (Fsp3) is 0.857. The zero-order valence-corrected chi connectivity index (χ0v) is 6.06. The van der Waals surface area contributed by atoms with Gasteiger partial charge in [0.2, 0.25) is 0 Å². The Hall–Kier alpha value is 0.0200. The highest BCUT2D eigenvalue weighted by Crippen LogP contribution is 2.53. The Labute approximate surface area is 59.2 Å². The maximum atomic E-state index is 10.3. The van der Waals surface area contributed by atoms with Gasteiger partial charge in [-0.15, -0.1) is 0 Å². The Kier molecular flexibility index (Phi) is 1.29. The molecule has 9 heavy (non-hydrogen) atoms. The molecule has 0 N–H and O–H groups in total. The van der Waals surface area contributed by atoms with Crippen molar-refractivity contribution in [1.29, 1.82) is 0 Å². The third-order valence-electron chi connectivity index (χ3n) is 2.30. The Morgan fingerprint density at radius 3 is 3.00 bits per heavy atom. The molecule has 0 aromatic heterocycles. The van der Waals surface area contributed by atoms with Crippen molar-refractivity contribution < 1.29 is 4.79 Å². The first-order chi connectivity index (χ1) is 4.43. The summed E-state index contributed by atoms with van der Waals surface area (Å²) in [4.78, 5) is 10.3. The van der Waals surface area contributed by atoms with Crippen molar-refractivity contribution in [2.75, 3.05) is 5.75 Å². The average Bonchev–Trinajstić information content (AvgIpc) is 2.60. The molecule has 2 aliphatic rings. The van der Waals surface area contributed by atoms with E-state index in [0.29, 0.717) is 5.92 Å². The highest BCUT2D eigenvalue weighted by atomic mass is 32.2. The van der Waals surface area contributed by atoms with Crippen LogP contribution in [0.25, 0.3) is 0 Å². The smallest absolute Gasteiger partial charge is 0.124 e. The lowest BCUT2D eigenvalue weighted by Crippen LogP contribution is -1.94. The lowest BCUT2D eigenvalue weighted by atomic mass is 10.2. The molecule has 1 saturated heterocycles. The first kappa shape index (κ1) is 5.78. The number of fused-ring (bicyclic) bond motifs is 1. The molecule has 2 heteroatoms. The molecular formula is C7H10OS. The van der Waals surface area contributed by atoms with E-state index in [0.717, 1.165) is 17.5 Å². The number of rotatable bonds is 1. The van der Waals surface area contributed by atoms with Crippen molar-refractivity contribution in [3.05, 3.63) is 0 Å². The van der Waals surface area contributed by atoms with Crippen LogP contribution in [0.1, 0.15) is 12.8 Å². The summed E-state index contributed by atoms with van der Waals surface area (Å²) in [5, 5.41) is 0.733. The van der Waals surface area contributed by atoms with Crippen LogP contribution in [0.2, 0.25) is 0 Å². The second kappa shape index (κ2) is 2.01. The van der Waals surface area contributed by atoms with Gasteiger partial charge in [0.1, 0.15) is 6.29 Å². The second-order valence-corrected chi connectivity index (χ2v) is 4.14. The number of hydrogen-bond donors (Lipinski definition) is 0. The molecule has 1 unspecified atom stereocenters. The summed E-state index contributed by atoms with van der Waals surface area (Å²) in [6.07, 6.45) is 3.78. The molecule has 3 atom stereocenters. The Morgan fingerprint density at radius 2 is 2.44 bits per heavy atom. The normalized spacial score (nSPS) is 47.8. The van der Waals surface area contributed by atoms with Crippen LogP contribution in [0.4, 0.5) is 0 Å². The van der Waals surface area contributed by atoms with E-state index >= 15 is 0 Å². The number of carbonyl (C=O) groups is 1. The summed E-state index contributed by atoms with van der Waals surface area (Å²) in [5.74, 6) is 2.50. The molecule has 1 saturated carbocycles. The minimum Gasteiger partial charge on any atom is -0.303 e. The third-order valence-corrected chi connectivity index (χ3v) is 3.88. The molecule has 0 amide bonds. The average molecular weight is 142 g/mol. The van der Waals surface area contributed by atoms with Crippen LogP contribution in [0.3, 0.4) is 0 Å². The van der Waals surface area contributed by atoms with Crippen LogP contribution < -0.4 is 0 Å². The summed E-state index contributed by atoms with van der Waals surface area (Å²) >= 11 is 1.99. The molecule has 0 aromatic rings. The molecule has 2 rings (SSSR count). The third kappa shape index (κ3) is 0.803. The molecule has 0 radical (unpaired) electrons. The largest absolute Gasteiger partial charge is 0.303 e. The van der Waals surface area contributed by atoms with Gasteiger partial charge in [0.15, 0.2) is 0 Å². The topological polar surface area (TPSA) is 17.1 Å². The standard InChI is InChI=1S/C7H10OS/c8-4-6-5-2-1-3-9-7(5)6/h4-7H,1-3H2/t5-,6?,7-/m1/s1. The Balaban J connectivity index is 1.98. The van der Waals surface area contributed by atoms with Crippen LogP contribution in [0, 0.1) is 11.8 Å². The van der Waals surface area contributed by atoms with Crippen molar-refractivity contribution in [2.24, 2.45) is 11.8 Å². The SMILES string of the molecule is O=CC1[C@H]2CCCS[C@@H]12. The van der Waals surface area contributed by atoms with Gasteiger partial charge in [-0.05, 0) is 24.5 Å². The van der Waals surface area contributed by atoms with Gasteiger partial charge in [0.25, 0.3) is 0 Å². The monoisotopic (exact) mass is 142 g/mol. The van der Waals surface area contributed by atoms with Crippen LogP contribution in [0.5, 0.6) is 0 Å². The first-order valence-corrected chi connectivity index (χ1v) is 4.55. The summed E-state index contributed by atoms with van der Waals surface area (Å²) < 4.78 is 0. The summed E-state index contributed by atoms with van der Waals surface area (Å²) in [6, 6.07) is 0. The van der Waals surface area contributed by atoms with Gasteiger partial charge in [-0.3, -0.25) is 0 Å². The molecule has 0 spiro atoms. The highest BCUT2D eigenvalue weighted by Gasteiger charge is 2.51. The zero-order valence-electron chi connectivity index (χ0n) is 5.25. The van der Waals surface area contributed by atoms with Crippen molar-refractivity contribution in [3.8, 4) is 0 Å². The van der Waals surface area contributed by atoms with Gasteiger partial charge in [0.05, 0.1) is 0 Å². The van der Waals surface area contributed by atoms with E-state index in [1.807, 2.05) is 11.8 Å². The molecule has 2 fully saturated rings.